The first-order valence-electron chi connectivity index (χ1n) is 4.89. The number of hydrogen-bond donors (Lipinski definition) is 1. The first-order chi connectivity index (χ1) is 8.61. The quantitative estimate of drug-likeness (QED) is 0.868. The van der Waals surface area contributed by atoms with Crippen molar-refractivity contribution in [2.75, 3.05) is 5.32 Å². The van der Waals surface area contributed by atoms with Crippen molar-refractivity contribution in [3.8, 4) is 0 Å². The fourth-order valence-electron chi connectivity index (χ4n) is 1.34. The number of aromatic nitrogens is 1. The van der Waals surface area contributed by atoms with Gasteiger partial charge in [0, 0.05) is 16.6 Å². The summed E-state index contributed by atoms with van der Waals surface area (Å²) in [5.74, 6) is -0.642. The number of anilines is 1. The van der Waals surface area contributed by atoms with Crippen LogP contribution in [-0.4, -0.2) is 11.3 Å². The van der Waals surface area contributed by atoms with Gasteiger partial charge in [-0.3, -0.25) is 4.79 Å². The molecule has 0 bridgehead atoms. The lowest BCUT2D eigenvalue weighted by Gasteiger charge is -2.08. The van der Waals surface area contributed by atoms with Gasteiger partial charge >= 0.3 is 0 Å². The lowest BCUT2D eigenvalue weighted by atomic mass is 10.2. The monoisotopic (exact) mass is 304 g/mol. The largest absolute Gasteiger partial charge is 0.378 e. The molecular weight excluding hydrogens is 298 g/mol. The van der Waals surface area contributed by atoms with Gasteiger partial charge in [0.2, 0.25) is 0 Å². The van der Waals surface area contributed by atoms with E-state index in [1.165, 1.54) is 23.5 Å². The number of aldehydes is 1. The molecule has 0 spiro atoms. The Kier molecular flexibility index (Phi) is 4.16. The van der Waals surface area contributed by atoms with Crippen LogP contribution in [0.3, 0.4) is 0 Å². The Balaban J connectivity index is 2.15. The SMILES string of the molecule is O=Cc1ccc(NCc2cnc(Cl)s2)c(F)c1Cl. The molecule has 94 valence electrons. The van der Waals surface area contributed by atoms with Crippen LogP contribution in [-0.2, 0) is 6.54 Å². The second-order valence-corrected chi connectivity index (χ2v) is 5.46. The van der Waals surface area contributed by atoms with Gasteiger partial charge in [-0.05, 0) is 12.1 Å². The lowest BCUT2D eigenvalue weighted by molar-refractivity contribution is 0.112. The molecule has 0 saturated carbocycles. The van der Waals surface area contributed by atoms with E-state index in [4.69, 9.17) is 23.2 Å². The molecule has 0 aliphatic heterocycles. The van der Waals surface area contributed by atoms with E-state index in [1.54, 1.807) is 6.20 Å². The van der Waals surface area contributed by atoms with Crippen molar-refractivity contribution in [2.24, 2.45) is 0 Å². The topological polar surface area (TPSA) is 42.0 Å². The van der Waals surface area contributed by atoms with Gasteiger partial charge in [-0.1, -0.05) is 23.2 Å². The van der Waals surface area contributed by atoms with Gasteiger partial charge in [-0.15, -0.1) is 11.3 Å². The average molecular weight is 305 g/mol. The number of rotatable bonds is 4. The Morgan fingerprint density at radius 2 is 2.22 bits per heavy atom. The van der Waals surface area contributed by atoms with Crippen molar-refractivity contribution >= 4 is 46.5 Å². The molecule has 0 amide bonds. The maximum Gasteiger partial charge on any atom is 0.183 e. The predicted octanol–water partition coefficient (Wildman–Crippen LogP) is 4.01. The van der Waals surface area contributed by atoms with Crippen LogP contribution in [0.25, 0.3) is 0 Å². The highest BCUT2D eigenvalue weighted by molar-refractivity contribution is 7.15. The van der Waals surface area contributed by atoms with Crippen LogP contribution in [0, 0.1) is 5.82 Å². The highest BCUT2D eigenvalue weighted by Crippen LogP contribution is 2.26. The second-order valence-electron chi connectivity index (χ2n) is 3.38. The third-order valence-corrected chi connectivity index (χ3v) is 3.72. The molecule has 18 heavy (non-hydrogen) atoms. The van der Waals surface area contributed by atoms with E-state index in [9.17, 15) is 9.18 Å². The summed E-state index contributed by atoms with van der Waals surface area (Å²) >= 11 is 12.7. The maximum atomic E-state index is 13.8. The van der Waals surface area contributed by atoms with Gasteiger partial charge in [-0.2, -0.15) is 0 Å². The molecule has 0 aliphatic rings. The van der Waals surface area contributed by atoms with Crippen LogP contribution in [0.4, 0.5) is 10.1 Å². The van der Waals surface area contributed by atoms with E-state index < -0.39 is 5.82 Å². The summed E-state index contributed by atoms with van der Waals surface area (Å²) < 4.78 is 14.2. The number of thiazole rings is 1. The van der Waals surface area contributed by atoms with E-state index in [2.05, 4.69) is 10.3 Å². The molecule has 7 heteroatoms. The predicted molar refractivity (Wildman–Crippen MR) is 71.2 cm³/mol. The highest BCUT2D eigenvalue weighted by atomic mass is 35.5. The second kappa shape index (κ2) is 5.65. The van der Waals surface area contributed by atoms with E-state index in [0.717, 1.165) is 4.88 Å². The Bertz CT molecular complexity index is 588. The van der Waals surface area contributed by atoms with E-state index >= 15 is 0 Å². The van der Waals surface area contributed by atoms with Crippen molar-refractivity contribution in [1.29, 1.82) is 0 Å². The number of nitrogens with one attached hydrogen (secondary N) is 1. The summed E-state index contributed by atoms with van der Waals surface area (Å²) in [6.45, 7) is 0.387. The summed E-state index contributed by atoms with van der Waals surface area (Å²) in [5, 5.41) is 2.69. The van der Waals surface area contributed by atoms with Crippen molar-refractivity contribution in [2.45, 2.75) is 6.54 Å². The van der Waals surface area contributed by atoms with Gasteiger partial charge in [-0.25, -0.2) is 9.37 Å². The molecule has 1 aromatic heterocycles. The molecule has 0 radical (unpaired) electrons. The van der Waals surface area contributed by atoms with Gasteiger partial charge in [0.15, 0.2) is 16.6 Å². The molecule has 2 aromatic rings. The van der Waals surface area contributed by atoms with E-state index in [-0.39, 0.29) is 16.3 Å². The molecule has 1 heterocycles. The number of halogens is 3. The fraction of sp³-hybridized carbons (Fsp3) is 0.0909. The maximum absolute atomic E-state index is 13.8. The van der Waals surface area contributed by atoms with Crippen LogP contribution >= 0.6 is 34.5 Å². The summed E-state index contributed by atoms with van der Waals surface area (Å²) in [6, 6.07) is 2.92. The Hall–Kier alpha value is -1.17. The zero-order valence-electron chi connectivity index (χ0n) is 8.91. The number of benzene rings is 1. The van der Waals surface area contributed by atoms with E-state index in [0.29, 0.717) is 17.3 Å². The smallest absolute Gasteiger partial charge is 0.183 e. The minimum absolute atomic E-state index is 0.126. The molecule has 0 fully saturated rings. The molecular formula is C11H7Cl2FN2OS. The van der Waals surface area contributed by atoms with Crippen LogP contribution in [0.15, 0.2) is 18.3 Å². The van der Waals surface area contributed by atoms with Crippen molar-refractivity contribution in [1.82, 2.24) is 4.98 Å². The summed E-state index contributed by atoms with van der Waals surface area (Å²) in [6.07, 6.45) is 2.12. The lowest BCUT2D eigenvalue weighted by Crippen LogP contribution is -2.01. The van der Waals surface area contributed by atoms with Crippen molar-refractivity contribution in [3.63, 3.8) is 0 Å². The molecule has 3 nitrogen and oxygen atoms in total. The summed E-state index contributed by atoms with van der Waals surface area (Å²) in [7, 11) is 0. The van der Waals surface area contributed by atoms with Crippen LogP contribution < -0.4 is 5.32 Å². The van der Waals surface area contributed by atoms with Gasteiger partial charge < -0.3 is 5.32 Å². The van der Waals surface area contributed by atoms with Crippen molar-refractivity contribution < 1.29 is 9.18 Å². The molecule has 0 unspecified atom stereocenters. The zero-order valence-corrected chi connectivity index (χ0v) is 11.2. The Morgan fingerprint density at radius 1 is 1.44 bits per heavy atom. The van der Waals surface area contributed by atoms with Crippen LogP contribution in [0.5, 0.6) is 0 Å². The first kappa shape index (κ1) is 13.3. The number of carbonyl (C=O) groups excluding carboxylic acids is 1. The summed E-state index contributed by atoms with van der Waals surface area (Å²) in [4.78, 5) is 15.3. The number of nitrogens with zero attached hydrogens (tertiary/aromatic N) is 1. The van der Waals surface area contributed by atoms with Gasteiger partial charge in [0.1, 0.15) is 0 Å². The van der Waals surface area contributed by atoms with Crippen molar-refractivity contribution in [3.05, 3.63) is 44.1 Å². The van der Waals surface area contributed by atoms with E-state index in [1.807, 2.05) is 0 Å². The Labute approximate surface area is 117 Å². The molecule has 0 aliphatic carbocycles. The molecule has 2 rings (SSSR count). The number of carbonyl (C=O) groups is 1. The Morgan fingerprint density at radius 3 is 2.83 bits per heavy atom. The average Bonchev–Trinajstić information content (AvgIpc) is 2.77. The molecule has 1 N–H and O–H groups in total. The summed E-state index contributed by atoms with van der Waals surface area (Å²) in [5.41, 5.74) is 0.357. The third kappa shape index (κ3) is 2.80. The minimum Gasteiger partial charge on any atom is -0.378 e. The zero-order chi connectivity index (χ0) is 13.1. The van der Waals surface area contributed by atoms with Gasteiger partial charge in [0.05, 0.1) is 17.3 Å². The first-order valence-corrected chi connectivity index (χ1v) is 6.46. The van der Waals surface area contributed by atoms with Crippen LogP contribution in [0.2, 0.25) is 9.49 Å². The minimum atomic E-state index is -0.642. The van der Waals surface area contributed by atoms with Gasteiger partial charge in [0.25, 0.3) is 0 Å². The van der Waals surface area contributed by atoms with Crippen LogP contribution in [0.1, 0.15) is 15.2 Å². The number of hydrogen-bond acceptors (Lipinski definition) is 4. The molecule has 0 saturated heterocycles. The third-order valence-electron chi connectivity index (χ3n) is 2.22. The highest BCUT2D eigenvalue weighted by Gasteiger charge is 2.11. The molecule has 1 aromatic carbocycles. The normalized spacial score (nSPS) is 10.4. The fourth-order valence-corrected chi connectivity index (χ4v) is 2.47. The molecule has 0 atom stereocenters. The standard InChI is InChI=1S/C11H7Cl2FN2OS/c12-9-6(5-17)1-2-8(10(9)14)15-3-7-4-16-11(13)18-7/h1-2,4-5,15H,3H2.